The van der Waals surface area contributed by atoms with Crippen molar-refractivity contribution in [2.24, 2.45) is 0 Å². The van der Waals surface area contributed by atoms with Gasteiger partial charge in [-0.1, -0.05) is 25.1 Å². The van der Waals surface area contributed by atoms with Gasteiger partial charge in [0.2, 0.25) is 0 Å². The Morgan fingerprint density at radius 1 is 1.20 bits per heavy atom. The molecule has 2 heterocycles. The Balaban J connectivity index is 1.91. The summed E-state index contributed by atoms with van der Waals surface area (Å²) in [7, 11) is 0. The zero-order valence-corrected chi connectivity index (χ0v) is 12.2. The molecule has 0 fully saturated rings. The normalized spacial score (nSPS) is 11.2. The van der Waals surface area contributed by atoms with E-state index >= 15 is 0 Å². The fourth-order valence-corrected chi connectivity index (χ4v) is 1.99. The van der Waals surface area contributed by atoms with Crippen LogP contribution in [-0.2, 0) is 19.6 Å². The van der Waals surface area contributed by atoms with Crippen LogP contribution in [0, 0.1) is 0 Å². The van der Waals surface area contributed by atoms with E-state index in [9.17, 15) is 0 Å². The van der Waals surface area contributed by atoms with Crippen LogP contribution in [0.25, 0.3) is 0 Å². The number of aromatic nitrogens is 2. The zero-order chi connectivity index (χ0) is 14.2. The average Bonchev–Trinajstić information content (AvgIpc) is 2.93. The second-order valence-electron chi connectivity index (χ2n) is 4.69. The summed E-state index contributed by atoms with van der Waals surface area (Å²) in [6.45, 7) is 8.42. The molecule has 0 atom stereocenters. The zero-order valence-electron chi connectivity index (χ0n) is 12.2. The predicted molar refractivity (Wildman–Crippen MR) is 77.9 cm³/mol. The molecule has 5 heteroatoms. The van der Waals surface area contributed by atoms with Crippen molar-refractivity contribution in [3.63, 3.8) is 0 Å². The number of hydrogen-bond donors (Lipinski definition) is 1. The first-order chi connectivity index (χ1) is 9.81. The molecular weight excluding hydrogens is 252 g/mol. The summed E-state index contributed by atoms with van der Waals surface area (Å²) in [6, 6.07) is 8.01. The van der Waals surface area contributed by atoms with E-state index in [0.717, 1.165) is 49.9 Å². The molecule has 2 aromatic heterocycles. The molecule has 20 heavy (non-hydrogen) atoms. The fraction of sp³-hybridized carbons (Fsp3) is 0.467. The maximum absolute atomic E-state index is 5.38. The summed E-state index contributed by atoms with van der Waals surface area (Å²) < 4.78 is 5.38. The van der Waals surface area contributed by atoms with E-state index < -0.39 is 0 Å². The average molecular weight is 274 g/mol. The highest BCUT2D eigenvalue weighted by atomic mass is 16.5. The largest absolute Gasteiger partial charge is 0.360 e. The van der Waals surface area contributed by atoms with Crippen molar-refractivity contribution in [1.29, 1.82) is 0 Å². The highest BCUT2D eigenvalue weighted by molar-refractivity contribution is 5.06. The molecule has 0 saturated heterocycles. The molecule has 1 N–H and O–H groups in total. The van der Waals surface area contributed by atoms with Crippen molar-refractivity contribution in [3.05, 3.63) is 47.6 Å². The van der Waals surface area contributed by atoms with Crippen LogP contribution < -0.4 is 5.32 Å². The Labute approximate surface area is 120 Å². The van der Waals surface area contributed by atoms with Crippen molar-refractivity contribution in [3.8, 4) is 0 Å². The summed E-state index contributed by atoms with van der Waals surface area (Å²) in [6.07, 6.45) is 1.83. The summed E-state index contributed by atoms with van der Waals surface area (Å²) in [5.41, 5.74) is 2.03. The molecule has 2 aromatic rings. The quantitative estimate of drug-likeness (QED) is 0.800. The van der Waals surface area contributed by atoms with Crippen LogP contribution >= 0.6 is 0 Å². The van der Waals surface area contributed by atoms with Gasteiger partial charge in [0.1, 0.15) is 0 Å². The monoisotopic (exact) mass is 274 g/mol. The predicted octanol–water partition coefficient (Wildman–Crippen LogP) is 2.20. The third-order valence-corrected chi connectivity index (χ3v) is 3.10. The second kappa shape index (κ2) is 7.77. The smallest absolute Gasteiger partial charge is 0.151 e. The van der Waals surface area contributed by atoms with Crippen LogP contribution in [0.1, 0.15) is 31.0 Å². The van der Waals surface area contributed by atoms with Crippen molar-refractivity contribution in [2.45, 2.75) is 33.5 Å². The van der Waals surface area contributed by atoms with Crippen LogP contribution in [0.4, 0.5) is 0 Å². The molecule has 5 nitrogen and oxygen atoms in total. The molecule has 0 bridgehead atoms. The fourth-order valence-electron chi connectivity index (χ4n) is 1.99. The van der Waals surface area contributed by atoms with Crippen molar-refractivity contribution in [2.75, 3.05) is 13.1 Å². The van der Waals surface area contributed by atoms with Crippen LogP contribution in [0.5, 0.6) is 0 Å². The van der Waals surface area contributed by atoms with Gasteiger partial charge >= 0.3 is 0 Å². The van der Waals surface area contributed by atoms with Gasteiger partial charge < -0.3 is 9.84 Å². The molecule has 0 spiro atoms. The lowest BCUT2D eigenvalue weighted by Gasteiger charge is -2.17. The molecule has 108 valence electrons. The minimum atomic E-state index is 0.756. The number of pyridine rings is 1. The maximum atomic E-state index is 5.38. The van der Waals surface area contributed by atoms with E-state index in [1.807, 2.05) is 30.5 Å². The molecule has 2 rings (SSSR count). The van der Waals surface area contributed by atoms with Gasteiger partial charge in [-0.15, -0.1) is 0 Å². The van der Waals surface area contributed by atoms with E-state index in [2.05, 4.69) is 34.2 Å². The highest BCUT2D eigenvalue weighted by Gasteiger charge is 2.10. The molecular formula is C15H22N4O. The summed E-state index contributed by atoms with van der Waals surface area (Å²) >= 11 is 0. The lowest BCUT2D eigenvalue weighted by atomic mass is 10.3. The first-order valence-corrected chi connectivity index (χ1v) is 7.09. The molecule has 0 amide bonds. The van der Waals surface area contributed by atoms with E-state index in [1.165, 1.54) is 0 Å². The Bertz CT molecular complexity index is 498. The molecule has 0 unspecified atom stereocenters. The molecule has 0 aliphatic carbocycles. The standard InChI is InChI=1S/C15H22N4O/c1-3-16-10-14-9-15(20-18-14)12-19(4-2)11-13-7-5-6-8-17-13/h5-9,16H,3-4,10-12H2,1-2H3. The minimum absolute atomic E-state index is 0.756. The van der Waals surface area contributed by atoms with E-state index in [-0.39, 0.29) is 0 Å². The number of nitrogens with one attached hydrogen (secondary N) is 1. The highest BCUT2D eigenvalue weighted by Crippen LogP contribution is 2.10. The lowest BCUT2D eigenvalue weighted by Crippen LogP contribution is -2.22. The number of hydrogen-bond acceptors (Lipinski definition) is 5. The van der Waals surface area contributed by atoms with Gasteiger partial charge in [-0.05, 0) is 25.2 Å². The van der Waals surface area contributed by atoms with Crippen molar-refractivity contribution >= 4 is 0 Å². The molecule has 0 aliphatic heterocycles. The Morgan fingerprint density at radius 3 is 2.80 bits per heavy atom. The van der Waals surface area contributed by atoms with E-state index in [4.69, 9.17) is 4.52 Å². The van der Waals surface area contributed by atoms with Crippen molar-refractivity contribution in [1.82, 2.24) is 20.4 Å². The summed E-state index contributed by atoms with van der Waals surface area (Å²) in [5.74, 6) is 0.899. The maximum Gasteiger partial charge on any atom is 0.151 e. The molecule has 0 aliphatic rings. The second-order valence-corrected chi connectivity index (χ2v) is 4.69. The molecule has 0 saturated carbocycles. The van der Waals surface area contributed by atoms with E-state index in [1.54, 1.807) is 0 Å². The van der Waals surface area contributed by atoms with Gasteiger partial charge in [-0.25, -0.2) is 0 Å². The first-order valence-electron chi connectivity index (χ1n) is 7.09. The minimum Gasteiger partial charge on any atom is -0.360 e. The van der Waals surface area contributed by atoms with Gasteiger partial charge in [-0.2, -0.15) is 0 Å². The molecule has 0 radical (unpaired) electrons. The Kier molecular flexibility index (Phi) is 5.70. The van der Waals surface area contributed by atoms with E-state index in [0.29, 0.717) is 0 Å². The molecule has 0 aromatic carbocycles. The van der Waals surface area contributed by atoms with Crippen LogP contribution in [-0.4, -0.2) is 28.1 Å². The van der Waals surface area contributed by atoms with Gasteiger partial charge in [0, 0.05) is 25.4 Å². The number of nitrogens with zero attached hydrogens (tertiary/aromatic N) is 3. The van der Waals surface area contributed by atoms with Crippen LogP contribution in [0.15, 0.2) is 35.0 Å². The topological polar surface area (TPSA) is 54.2 Å². The third kappa shape index (κ3) is 4.43. The summed E-state index contributed by atoms with van der Waals surface area (Å²) in [4.78, 5) is 6.63. The van der Waals surface area contributed by atoms with Gasteiger partial charge in [0.15, 0.2) is 5.76 Å². The third-order valence-electron chi connectivity index (χ3n) is 3.10. The van der Waals surface area contributed by atoms with Gasteiger partial charge in [0.25, 0.3) is 0 Å². The SMILES string of the molecule is CCNCc1cc(CN(CC)Cc2ccccn2)on1. The van der Waals surface area contributed by atoms with Crippen molar-refractivity contribution < 1.29 is 4.52 Å². The summed E-state index contributed by atoms with van der Waals surface area (Å²) in [5, 5.41) is 7.31. The first kappa shape index (κ1) is 14.7. The van der Waals surface area contributed by atoms with Crippen LogP contribution in [0.3, 0.4) is 0 Å². The van der Waals surface area contributed by atoms with Gasteiger partial charge in [-0.3, -0.25) is 9.88 Å². The van der Waals surface area contributed by atoms with Gasteiger partial charge in [0.05, 0.1) is 17.9 Å². The number of rotatable bonds is 8. The lowest BCUT2D eigenvalue weighted by molar-refractivity contribution is 0.231. The Morgan fingerprint density at radius 2 is 2.10 bits per heavy atom. The Hall–Kier alpha value is -1.72. The van der Waals surface area contributed by atoms with Crippen LogP contribution in [0.2, 0.25) is 0 Å².